The fraction of sp³-hybridized carbons (Fsp3) is 1.00. The van der Waals surface area contributed by atoms with Gasteiger partial charge in [0.25, 0.3) is 0 Å². The molecule has 2 N–H and O–H groups in total. The maximum absolute atomic E-state index is 8.95. The van der Waals surface area contributed by atoms with Gasteiger partial charge >= 0.3 is 0 Å². The molecule has 0 aliphatic rings. The Hall–Kier alpha value is -0.160. The standard InChI is InChI=1S/C11H25NO3/c1-8(2)10(6-7-13)12-9(3)11(14-4)15-5/h8-13H,6-7H2,1-5H3. The fourth-order valence-electron chi connectivity index (χ4n) is 1.67. The summed E-state index contributed by atoms with van der Waals surface area (Å²) >= 11 is 0. The van der Waals surface area contributed by atoms with E-state index in [4.69, 9.17) is 14.6 Å². The lowest BCUT2D eigenvalue weighted by molar-refractivity contribution is -0.121. The van der Waals surface area contributed by atoms with Crippen LogP contribution in [0.4, 0.5) is 0 Å². The minimum absolute atomic E-state index is 0.110. The second kappa shape index (κ2) is 8.05. The van der Waals surface area contributed by atoms with Crippen molar-refractivity contribution in [2.75, 3.05) is 20.8 Å². The molecule has 0 amide bonds. The molecule has 0 aromatic heterocycles. The first kappa shape index (κ1) is 14.8. The number of hydrogen-bond acceptors (Lipinski definition) is 4. The van der Waals surface area contributed by atoms with Gasteiger partial charge in [0, 0.05) is 26.9 Å². The van der Waals surface area contributed by atoms with E-state index >= 15 is 0 Å². The van der Waals surface area contributed by atoms with Gasteiger partial charge in [-0.25, -0.2) is 0 Å². The Morgan fingerprint density at radius 2 is 1.67 bits per heavy atom. The molecule has 0 fully saturated rings. The molecule has 2 atom stereocenters. The quantitative estimate of drug-likeness (QED) is 0.598. The zero-order chi connectivity index (χ0) is 11.8. The summed E-state index contributed by atoms with van der Waals surface area (Å²) in [6.07, 6.45) is 0.507. The van der Waals surface area contributed by atoms with E-state index in [1.807, 2.05) is 6.92 Å². The first-order valence-electron chi connectivity index (χ1n) is 5.49. The van der Waals surface area contributed by atoms with Crippen molar-refractivity contribution in [3.63, 3.8) is 0 Å². The van der Waals surface area contributed by atoms with Gasteiger partial charge in [-0.2, -0.15) is 0 Å². The number of rotatable bonds is 8. The summed E-state index contributed by atoms with van der Waals surface area (Å²) in [4.78, 5) is 0. The third-order valence-electron chi connectivity index (χ3n) is 2.59. The molecule has 0 radical (unpaired) electrons. The molecule has 0 aliphatic carbocycles. The summed E-state index contributed by atoms with van der Waals surface area (Å²) in [7, 11) is 3.26. The van der Waals surface area contributed by atoms with Gasteiger partial charge in [0.15, 0.2) is 6.29 Å². The largest absolute Gasteiger partial charge is 0.396 e. The van der Waals surface area contributed by atoms with Crippen molar-refractivity contribution in [3.05, 3.63) is 0 Å². The van der Waals surface area contributed by atoms with Gasteiger partial charge in [0.1, 0.15) is 0 Å². The van der Waals surface area contributed by atoms with Crippen molar-refractivity contribution in [1.82, 2.24) is 5.32 Å². The van der Waals surface area contributed by atoms with Crippen molar-refractivity contribution in [2.45, 2.75) is 45.6 Å². The van der Waals surface area contributed by atoms with Crippen molar-refractivity contribution < 1.29 is 14.6 Å². The topological polar surface area (TPSA) is 50.7 Å². The summed E-state index contributed by atoms with van der Waals surface area (Å²) in [6, 6.07) is 0.400. The molecular formula is C11H25NO3. The van der Waals surface area contributed by atoms with E-state index in [-0.39, 0.29) is 25.0 Å². The molecule has 2 unspecified atom stereocenters. The van der Waals surface area contributed by atoms with Crippen LogP contribution in [-0.4, -0.2) is 44.3 Å². The number of nitrogens with one attached hydrogen (secondary N) is 1. The molecule has 15 heavy (non-hydrogen) atoms. The Morgan fingerprint density at radius 3 is 2.00 bits per heavy atom. The van der Waals surface area contributed by atoms with Gasteiger partial charge < -0.3 is 19.9 Å². The van der Waals surface area contributed by atoms with Gasteiger partial charge in [-0.1, -0.05) is 13.8 Å². The Kier molecular flexibility index (Phi) is 7.96. The number of aliphatic hydroxyl groups is 1. The first-order chi connectivity index (χ1) is 7.06. The van der Waals surface area contributed by atoms with Gasteiger partial charge in [-0.05, 0) is 19.3 Å². The lowest BCUT2D eigenvalue weighted by Crippen LogP contribution is -2.47. The molecule has 4 nitrogen and oxygen atoms in total. The summed E-state index contributed by atoms with van der Waals surface area (Å²) in [5.41, 5.74) is 0. The molecule has 0 saturated heterocycles. The molecule has 0 aromatic carbocycles. The second-order valence-electron chi connectivity index (χ2n) is 4.16. The highest BCUT2D eigenvalue weighted by molar-refractivity contribution is 4.76. The number of ether oxygens (including phenoxy) is 2. The van der Waals surface area contributed by atoms with E-state index in [0.717, 1.165) is 6.42 Å². The fourth-order valence-corrected chi connectivity index (χ4v) is 1.67. The predicted molar refractivity (Wildman–Crippen MR) is 60.7 cm³/mol. The minimum atomic E-state index is -0.245. The highest BCUT2D eigenvalue weighted by atomic mass is 16.7. The highest BCUT2D eigenvalue weighted by Gasteiger charge is 2.21. The van der Waals surface area contributed by atoms with Crippen molar-refractivity contribution in [3.8, 4) is 0 Å². The smallest absolute Gasteiger partial charge is 0.171 e. The molecule has 4 heteroatoms. The van der Waals surface area contributed by atoms with Crippen LogP contribution in [0.1, 0.15) is 27.2 Å². The monoisotopic (exact) mass is 219 g/mol. The number of hydrogen-bond donors (Lipinski definition) is 2. The molecule has 0 saturated carbocycles. The Balaban J connectivity index is 4.13. The van der Waals surface area contributed by atoms with Crippen LogP contribution in [0.25, 0.3) is 0 Å². The van der Waals surface area contributed by atoms with Crippen LogP contribution in [0.5, 0.6) is 0 Å². The minimum Gasteiger partial charge on any atom is -0.396 e. The first-order valence-corrected chi connectivity index (χ1v) is 5.49. The molecule has 0 spiro atoms. The van der Waals surface area contributed by atoms with Crippen LogP contribution in [0.15, 0.2) is 0 Å². The predicted octanol–water partition coefficient (Wildman–Crippen LogP) is 0.990. The van der Waals surface area contributed by atoms with E-state index in [1.165, 1.54) is 0 Å². The zero-order valence-electron chi connectivity index (χ0n) is 10.5. The summed E-state index contributed by atoms with van der Waals surface area (Å²) in [5.74, 6) is 0.481. The lowest BCUT2D eigenvalue weighted by atomic mass is 10.0. The third kappa shape index (κ3) is 5.47. The van der Waals surface area contributed by atoms with Crippen LogP contribution >= 0.6 is 0 Å². The van der Waals surface area contributed by atoms with E-state index < -0.39 is 0 Å². The van der Waals surface area contributed by atoms with Gasteiger partial charge in [0.2, 0.25) is 0 Å². The maximum atomic E-state index is 8.95. The van der Waals surface area contributed by atoms with Crippen LogP contribution in [-0.2, 0) is 9.47 Å². The Morgan fingerprint density at radius 1 is 1.13 bits per heavy atom. The van der Waals surface area contributed by atoms with Crippen LogP contribution < -0.4 is 5.32 Å². The van der Waals surface area contributed by atoms with Crippen LogP contribution in [0, 0.1) is 5.92 Å². The molecule has 0 aromatic rings. The van der Waals surface area contributed by atoms with Crippen LogP contribution in [0.2, 0.25) is 0 Å². The van der Waals surface area contributed by atoms with Crippen LogP contribution in [0.3, 0.4) is 0 Å². The summed E-state index contributed by atoms with van der Waals surface area (Å²) in [6.45, 7) is 6.49. The van der Waals surface area contributed by atoms with E-state index in [9.17, 15) is 0 Å². The number of methoxy groups -OCH3 is 2. The average Bonchev–Trinajstić information content (AvgIpc) is 2.18. The van der Waals surface area contributed by atoms with Crippen molar-refractivity contribution >= 4 is 0 Å². The lowest BCUT2D eigenvalue weighted by Gasteiger charge is -2.29. The highest BCUT2D eigenvalue weighted by Crippen LogP contribution is 2.09. The average molecular weight is 219 g/mol. The van der Waals surface area contributed by atoms with E-state index in [2.05, 4.69) is 19.2 Å². The van der Waals surface area contributed by atoms with Gasteiger partial charge in [-0.15, -0.1) is 0 Å². The Labute approximate surface area is 93.0 Å². The molecule has 92 valence electrons. The van der Waals surface area contributed by atoms with Crippen molar-refractivity contribution in [2.24, 2.45) is 5.92 Å². The molecule has 0 heterocycles. The third-order valence-corrected chi connectivity index (χ3v) is 2.59. The maximum Gasteiger partial charge on any atom is 0.171 e. The number of aliphatic hydroxyl groups excluding tert-OH is 1. The van der Waals surface area contributed by atoms with Crippen molar-refractivity contribution in [1.29, 1.82) is 0 Å². The molecule has 0 rings (SSSR count). The molecule has 0 aliphatic heterocycles. The second-order valence-corrected chi connectivity index (χ2v) is 4.16. The van der Waals surface area contributed by atoms with Gasteiger partial charge in [-0.3, -0.25) is 0 Å². The van der Waals surface area contributed by atoms with E-state index in [1.54, 1.807) is 14.2 Å². The molecule has 0 bridgehead atoms. The summed E-state index contributed by atoms with van der Waals surface area (Å²) in [5, 5.41) is 12.4. The zero-order valence-corrected chi connectivity index (χ0v) is 10.5. The normalized spacial score (nSPS) is 16.0. The van der Waals surface area contributed by atoms with E-state index in [0.29, 0.717) is 5.92 Å². The van der Waals surface area contributed by atoms with Gasteiger partial charge in [0.05, 0.1) is 6.04 Å². The Bertz CT molecular complexity index is 149. The summed E-state index contributed by atoms with van der Waals surface area (Å²) < 4.78 is 10.3. The molecular weight excluding hydrogens is 194 g/mol. The SMILES string of the molecule is COC(OC)C(C)NC(CCO)C(C)C.